The molecule has 0 saturated heterocycles. The van der Waals surface area contributed by atoms with Gasteiger partial charge in [-0.05, 0) is 12.0 Å². The van der Waals surface area contributed by atoms with Crippen molar-refractivity contribution in [3.63, 3.8) is 0 Å². The van der Waals surface area contributed by atoms with Crippen LogP contribution in [0.5, 0.6) is 0 Å². The number of carbonyl (C=O) groups excluding carboxylic acids is 3. The molecule has 0 spiro atoms. The number of benzene rings is 1. The minimum Gasteiger partial charge on any atom is -0.469 e. The largest absolute Gasteiger partial charge is 0.469 e. The van der Waals surface area contributed by atoms with Gasteiger partial charge in [0.05, 0.1) is 7.11 Å². The van der Waals surface area contributed by atoms with Gasteiger partial charge in [0, 0.05) is 19.5 Å². The van der Waals surface area contributed by atoms with E-state index in [1.165, 1.54) is 12.0 Å². The lowest BCUT2D eigenvalue weighted by atomic mass is 10.2. The molecule has 1 aromatic rings. The Morgan fingerprint density at radius 3 is 2.39 bits per heavy atom. The van der Waals surface area contributed by atoms with Crippen molar-refractivity contribution in [1.29, 1.82) is 0 Å². The van der Waals surface area contributed by atoms with Gasteiger partial charge in [-0.3, -0.25) is 9.59 Å². The van der Waals surface area contributed by atoms with Crippen LogP contribution in [0.25, 0.3) is 0 Å². The predicted octanol–water partition coefficient (Wildman–Crippen LogP) is 2.56. The number of ether oxygens (including phenoxy) is 2. The quantitative estimate of drug-likeness (QED) is 0.516. The summed E-state index contributed by atoms with van der Waals surface area (Å²) in [6.45, 7) is 2.86. The molecule has 0 radical (unpaired) electrons. The van der Waals surface area contributed by atoms with Crippen molar-refractivity contribution in [3.8, 4) is 0 Å². The molecular weight excluding hydrogens is 298 g/mol. The summed E-state index contributed by atoms with van der Waals surface area (Å²) in [4.78, 5) is 36.3. The molecule has 6 heteroatoms. The first-order valence-electron chi connectivity index (χ1n) is 7.61. The van der Waals surface area contributed by atoms with Gasteiger partial charge in [-0.2, -0.15) is 0 Å². The smallest absolute Gasteiger partial charge is 0.410 e. The normalized spacial score (nSPS) is 10.0. The van der Waals surface area contributed by atoms with Gasteiger partial charge in [0.2, 0.25) is 0 Å². The van der Waals surface area contributed by atoms with E-state index in [-0.39, 0.29) is 31.8 Å². The minimum absolute atomic E-state index is 0.107. The highest BCUT2D eigenvalue weighted by Gasteiger charge is 2.17. The maximum atomic E-state index is 12.1. The van der Waals surface area contributed by atoms with E-state index in [2.05, 4.69) is 4.74 Å². The van der Waals surface area contributed by atoms with Gasteiger partial charge < -0.3 is 14.4 Å². The second kappa shape index (κ2) is 10.4. The zero-order valence-electron chi connectivity index (χ0n) is 13.6. The lowest BCUT2D eigenvalue weighted by molar-refractivity contribution is -0.143. The molecule has 0 unspecified atom stereocenters. The number of carbonyl (C=O) groups is 3. The topological polar surface area (TPSA) is 72.9 Å². The van der Waals surface area contributed by atoms with Crippen LogP contribution in [0.3, 0.4) is 0 Å². The van der Waals surface area contributed by atoms with Crippen LogP contribution in [-0.4, -0.2) is 42.9 Å². The maximum absolute atomic E-state index is 12.1. The monoisotopic (exact) mass is 321 g/mol. The van der Waals surface area contributed by atoms with E-state index in [9.17, 15) is 14.4 Å². The van der Waals surface area contributed by atoms with Gasteiger partial charge in [-0.15, -0.1) is 0 Å². The molecule has 0 aromatic heterocycles. The molecule has 0 atom stereocenters. The van der Waals surface area contributed by atoms with Crippen molar-refractivity contribution in [2.45, 2.75) is 32.8 Å². The number of rotatable bonds is 9. The molecule has 1 amide bonds. The number of hydrogen-bond acceptors (Lipinski definition) is 5. The van der Waals surface area contributed by atoms with Crippen LogP contribution in [0.4, 0.5) is 4.79 Å². The van der Waals surface area contributed by atoms with E-state index < -0.39 is 12.1 Å². The first-order valence-corrected chi connectivity index (χ1v) is 7.61. The molecule has 23 heavy (non-hydrogen) atoms. The number of Topliss-reactive ketones (excluding diaryl/α,β-unsaturated/α-hetero) is 1. The summed E-state index contributed by atoms with van der Waals surface area (Å²) >= 11 is 0. The van der Waals surface area contributed by atoms with Crippen molar-refractivity contribution < 1.29 is 23.9 Å². The summed E-state index contributed by atoms with van der Waals surface area (Å²) in [6.07, 6.45) is 0.137. The SMILES string of the molecule is CCCN(CCC(=O)CC(=O)OC)C(=O)OCc1ccccc1. The van der Waals surface area contributed by atoms with E-state index >= 15 is 0 Å². The molecule has 6 nitrogen and oxygen atoms in total. The van der Waals surface area contributed by atoms with Crippen molar-refractivity contribution in [1.82, 2.24) is 4.90 Å². The Bertz CT molecular complexity index is 515. The van der Waals surface area contributed by atoms with Crippen molar-refractivity contribution >= 4 is 17.8 Å². The van der Waals surface area contributed by atoms with Crippen molar-refractivity contribution in [3.05, 3.63) is 35.9 Å². The van der Waals surface area contributed by atoms with Crippen LogP contribution >= 0.6 is 0 Å². The first kappa shape index (κ1) is 18.7. The van der Waals surface area contributed by atoms with Gasteiger partial charge in [0.15, 0.2) is 0 Å². The number of amides is 1. The maximum Gasteiger partial charge on any atom is 0.410 e. The Balaban J connectivity index is 2.44. The lowest BCUT2D eigenvalue weighted by Crippen LogP contribution is -2.34. The lowest BCUT2D eigenvalue weighted by Gasteiger charge is -2.21. The minimum atomic E-state index is -0.566. The number of methoxy groups -OCH3 is 1. The number of esters is 1. The average molecular weight is 321 g/mol. The standard InChI is InChI=1S/C17H23NO5/c1-3-10-18(11-9-15(19)12-16(20)22-2)17(21)23-13-14-7-5-4-6-8-14/h4-8H,3,9-13H2,1-2H3. The third kappa shape index (κ3) is 7.44. The van der Waals surface area contributed by atoms with Crippen LogP contribution in [0, 0.1) is 0 Å². The van der Waals surface area contributed by atoms with Crippen LogP contribution in [0.1, 0.15) is 31.7 Å². The van der Waals surface area contributed by atoms with Gasteiger partial charge in [-0.1, -0.05) is 37.3 Å². The Labute approximate surface area is 136 Å². The highest BCUT2D eigenvalue weighted by atomic mass is 16.6. The van der Waals surface area contributed by atoms with Gasteiger partial charge in [0.25, 0.3) is 0 Å². The Morgan fingerprint density at radius 1 is 1.09 bits per heavy atom. The molecule has 1 rings (SSSR count). The van der Waals surface area contributed by atoms with Gasteiger partial charge in [-0.25, -0.2) is 4.79 Å². The summed E-state index contributed by atoms with van der Waals surface area (Å²) in [5, 5.41) is 0. The summed E-state index contributed by atoms with van der Waals surface area (Å²) < 4.78 is 9.71. The van der Waals surface area contributed by atoms with Crippen LogP contribution < -0.4 is 0 Å². The van der Waals surface area contributed by atoms with Crippen LogP contribution in [0.15, 0.2) is 30.3 Å². The molecule has 0 bridgehead atoms. The summed E-state index contributed by atoms with van der Waals surface area (Å²) in [7, 11) is 1.24. The molecular formula is C17H23NO5. The van der Waals surface area contributed by atoms with Crippen LogP contribution in [0.2, 0.25) is 0 Å². The molecule has 0 aliphatic heterocycles. The number of nitrogens with zero attached hydrogens (tertiary/aromatic N) is 1. The van der Waals surface area contributed by atoms with Crippen molar-refractivity contribution in [2.75, 3.05) is 20.2 Å². The van der Waals surface area contributed by atoms with Gasteiger partial charge in [0.1, 0.15) is 18.8 Å². The summed E-state index contributed by atoms with van der Waals surface area (Å²) in [5.41, 5.74) is 0.902. The molecule has 0 saturated carbocycles. The Morgan fingerprint density at radius 2 is 1.78 bits per heavy atom. The molecule has 0 aliphatic rings. The highest BCUT2D eigenvalue weighted by Crippen LogP contribution is 2.05. The Hall–Kier alpha value is -2.37. The van der Waals surface area contributed by atoms with E-state index in [1.807, 2.05) is 37.3 Å². The fourth-order valence-electron chi connectivity index (χ4n) is 1.96. The zero-order valence-corrected chi connectivity index (χ0v) is 13.6. The van der Waals surface area contributed by atoms with E-state index in [0.717, 1.165) is 12.0 Å². The molecule has 0 aliphatic carbocycles. The zero-order chi connectivity index (χ0) is 17.1. The molecule has 0 fully saturated rings. The fraction of sp³-hybridized carbons (Fsp3) is 0.471. The fourth-order valence-corrected chi connectivity index (χ4v) is 1.96. The van der Waals surface area contributed by atoms with E-state index in [1.54, 1.807) is 0 Å². The third-order valence-electron chi connectivity index (χ3n) is 3.19. The second-order valence-corrected chi connectivity index (χ2v) is 5.07. The Kier molecular flexibility index (Phi) is 8.42. The average Bonchev–Trinajstić information content (AvgIpc) is 2.57. The van der Waals surface area contributed by atoms with E-state index in [0.29, 0.717) is 6.54 Å². The summed E-state index contributed by atoms with van der Waals surface area (Å²) in [5.74, 6) is -0.822. The number of hydrogen-bond donors (Lipinski definition) is 0. The van der Waals surface area contributed by atoms with Crippen molar-refractivity contribution in [2.24, 2.45) is 0 Å². The second-order valence-electron chi connectivity index (χ2n) is 5.07. The molecule has 0 heterocycles. The highest BCUT2D eigenvalue weighted by molar-refractivity contribution is 5.95. The molecule has 126 valence electrons. The summed E-state index contributed by atoms with van der Waals surface area (Å²) in [6, 6.07) is 9.38. The molecule has 1 aromatic carbocycles. The van der Waals surface area contributed by atoms with Gasteiger partial charge >= 0.3 is 12.1 Å². The van der Waals surface area contributed by atoms with E-state index in [4.69, 9.17) is 4.74 Å². The molecule has 0 N–H and O–H groups in total. The number of ketones is 1. The van der Waals surface area contributed by atoms with Crippen LogP contribution in [-0.2, 0) is 25.7 Å². The predicted molar refractivity (Wildman–Crippen MR) is 84.7 cm³/mol. The third-order valence-corrected chi connectivity index (χ3v) is 3.19. The first-order chi connectivity index (χ1) is 11.1.